The number of amides is 1. The molecule has 1 amide bonds. The van der Waals surface area contributed by atoms with Crippen LogP contribution >= 0.6 is 22.7 Å². The van der Waals surface area contributed by atoms with Gasteiger partial charge in [0.25, 0.3) is 5.91 Å². The Hall–Kier alpha value is -3.13. The van der Waals surface area contributed by atoms with Crippen molar-refractivity contribution in [2.24, 2.45) is 0 Å². The first-order valence-electron chi connectivity index (χ1n) is 9.13. The Balaban J connectivity index is 1.66. The number of thiophene rings is 1. The lowest BCUT2D eigenvalue weighted by Gasteiger charge is -2.09. The highest BCUT2D eigenvalue weighted by Crippen LogP contribution is 2.31. The summed E-state index contributed by atoms with van der Waals surface area (Å²) >= 11 is 2.73. The van der Waals surface area contributed by atoms with E-state index >= 15 is 0 Å². The van der Waals surface area contributed by atoms with Crippen molar-refractivity contribution in [2.45, 2.75) is 20.0 Å². The van der Waals surface area contributed by atoms with Gasteiger partial charge in [0.2, 0.25) is 0 Å². The SMILES string of the molecule is Cc1nc(C)c(C2=CC=c3c(N)c(C(=O)Nc4cccc(C(F)(F)F)c4)sc3=C=C2)s1. The van der Waals surface area contributed by atoms with E-state index in [1.54, 1.807) is 11.3 Å². The van der Waals surface area contributed by atoms with Gasteiger partial charge >= 0.3 is 6.18 Å². The third-order valence-electron chi connectivity index (χ3n) is 4.59. The molecule has 2 heterocycles. The number of nitrogens with one attached hydrogen (secondary N) is 1. The lowest BCUT2D eigenvalue weighted by molar-refractivity contribution is -0.137. The first-order valence-corrected chi connectivity index (χ1v) is 10.8. The second kappa shape index (κ2) is 7.85. The zero-order chi connectivity index (χ0) is 22.3. The molecule has 9 heteroatoms. The number of allylic oxidation sites excluding steroid dienone is 3. The van der Waals surface area contributed by atoms with Crippen LogP contribution in [-0.2, 0) is 6.18 Å². The van der Waals surface area contributed by atoms with Crippen LogP contribution in [0.1, 0.15) is 30.8 Å². The monoisotopic (exact) mass is 459 g/mol. The largest absolute Gasteiger partial charge is 0.416 e. The van der Waals surface area contributed by atoms with Gasteiger partial charge in [0.1, 0.15) is 4.88 Å². The number of hydrogen-bond donors (Lipinski definition) is 2. The Morgan fingerprint density at radius 3 is 2.65 bits per heavy atom. The number of fused-ring (bicyclic) bond motifs is 1. The standard InChI is InChI=1S/C22H16F3N3OS2/c1-11-19(30-12(2)27-11)13-6-8-16-17(9-7-13)31-20(18(16)26)21(29)28-15-5-3-4-14(10-15)22(23,24)25/h3-8,10H,26H2,1-2H3,(H,28,29). The zero-order valence-corrected chi connectivity index (χ0v) is 18.1. The van der Waals surface area contributed by atoms with Crippen molar-refractivity contribution in [3.05, 3.63) is 72.2 Å². The van der Waals surface area contributed by atoms with Gasteiger partial charge in [-0.05, 0) is 38.1 Å². The van der Waals surface area contributed by atoms with Crippen LogP contribution in [0.25, 0.3) is 17.4 Å². The molecule has 0 atom stereocenters. The van der Waals surface area contributed by atoms with Gasteiger partial charge in [-0.15, -0.1) is 28.4 Å². The predicted octanol–water partition coefficient (Wildman–Crippen LogP) is 4.49. The number of halogens is 3. The lowest BCUT2D eigenvalue weighted by atomic mass is 10.1. The molecule has 0 unspecified atom stereocenters. The van der Waals surface area contributed by atoms with E-state index in [1.807, 2.05) is 32.1 Å². The Kier molecular flexibility index (Phi) is 5.35. The summed E-state index contributed by atoms with van der Waals surface area (Å²) in [4.78, 5) is 18.4. The molecule has 0 bridgehead atoms. The van der Waals surface area contributed by atoms with Gasteiger partial charge in [0.15, 0.2) is 0 Å². The highest BCUT2D eigenvalue weighted by Gasteiger charge is 2.30. The summed E-state index contributed by atoms with van der Waals surface area (Å²) in [5.41, 5.74) is 10.7. The van der Waals surface area contributed by atoms with E-state index in [0.717, 1.165) is 44.6 Å². The van der Waals surface area contributed by atoms with E-state index in [1.165, 1.54) is 12.1 Å². The summed E-state index contributed by atoms with van der Waals surface area (Å²) in [7, 11) is 0. The molecule has 0 aliphatic heterocycles. The Labute approximate surface area is 183 Å². The van der Waals surface area contributed by atoms with Crippen LogP contribution < -0.4 is 20.8 Å². The van der Waals surface area contributed by atoms with E-state index in [9.17, 15) is 18.0 Å². The molecule has 0 saturated carbocycles. The van der Waals surface area contributed by atoms with Crippen molar-refractivity contribution in [2.75, 3.05) is 11.1 Å². The first-order chi connectivity index (χ1) is 14.6. The number of aromatic nitrogens is 1. The molecule has 1 aliphatic rings. The lowest BCUT2D eigenvalue weighted by Crippen LogP contribution is -2.20. The number of nitrogens with two attached hydrogens (primary N) is 1. The molecule has 158 valence electrons. The highest BCUT2D eigenvalue weighted by molar-refractivity contribution is 7.13. The number of hydrogen-bond acceptors (Lipinski definition) is 5. The van der Waals surface area contributed by atoms with Crippen LogP contribution in [0.15, 0.2) is 36.4 Å². The summed E-state index contributed by atoms with van der Waals surface area (Å²) in [5, 5.41) is 4.12. The van der Waals surface area contributed by atoms with E-state index in [4.69, 9.17) is 5.73 Å². The van der Waals surface area contributed by atoms with E-state index < -0.39 is 17.6 Å². The van der Waals surface area contributed by atoms with Gasteiger partial charge in [0.05, 0.1) is 31.4 Å². The topological polar surface area (TPSA) is 68.0 Å². The van der Waals surface area contributed by atoms with Crippen LogP contribution in [0.2, 0.25) is 0 Å². The average Bonchev–Trinajstić information content (AvgIpc) is 3.11. The second-order valence-corrected chi connectivity index (χ2v) is 9.07. The molecule has 0 radical (unpaired) electrons. The number of carbonyl (C=O) groups excluding carboxylic acids is 1. The molecule has 3 aromatic rings. The average molecular weight is 460 g/mol. The number of nitrogen functional groups attached to an aromatic ring is 1. The number of nitrogens with zero attached hydrogens (tertiary/aromatic N) is 1. The highest BCUT2D eigenvalue weighted by atomic mass is 32.1. The van der Waals surface area contributed by atoms with Gasteiger partial charge in [-0.1, -0.05) is 18.2 Å². The fraction of sp³-hybridized carbons (Fsp3) is 0.136. The van der Waals surface area contributed by atoms with Crippen molar-refractivity contribution in [3.63, 3.8) is 0 Å². The predicted molar refractivity (Wildman–Crippen MR) is 119 cm³/mol. The summed E-state index contributed by atoms with van der Waals surface area (Å²) in [6.07, 6.45) is 1.05. The maximum atomic E-state index is 12.9. The van der Waals surface area contributed by atoms with Crippen molar-refractivity contribution >= 4 is 57.3 Å². The fourth-order valence-corrected chi connectivity index (χ4v) is 5.05. The molecule has 2 aromatic heterocycles. The number of carbonyl (C=O) groups is 1. The zero-order valence-electron chi connectivity index (χ0n) is 16.4. The Morgan fingerprint density at radius 2 is 1.97 bits per heavy atom. The number of anilines is 2. The maximum Gasteiger partial charge on any atom is 0.416 e. The van der Waals surface area contributed by atoms with E-state index in [-0.39, 0.29) is 16.3 Å². The molecule has 0 saturated heterocycles. The van der Waals surface area contributed by atoms with Crippen molar-refractivity contribution in [1.82, 2.24) is 4.98 Å². The van der Waals surface area contributed by atoms with Gasteiger partial charge < -0.3 is 11.1 Å². The maximum absolute atomic E-state index is 12.9. The molecule has 0 spiro atoms. The molecule has 4 nitrogen and oxygen atoms in total. The molecule has 1 aromatic carbocycles. The van der Waals surface area contributed by atoms with Gasteiger partial charge in [0, 0.05) is 16.5 Å². The summed E-state index contributed by atoms with van der Waals surface area (Å²) < 4.78 is 39.4. The van der Waals surface area contributed by atoms with Crippen molar-refractivity contribution in [1.29, 1.82) is 0 Å². The third kappa shape index (κ3) is 4.20. The van der Waals surface area contributed by atoms with Crippen molar-refractivity contribution < 1.29 is 18.0 Å². The third-order valence-corrected chi connectivity index (χ3v) is 6.86. The van der Waals surface area contributed by atoms with Crippen LogP contribution in [0.4, 0.5) is 24.5 Å². The van der Waals surface area contributed by atoms with Crippen LogP contribution in [0.3, 0.4) is 0 Å². The number of thiazole rings is 1. The van der Waals surface area contributed by atoms with Gasteiger partial charge in [-0.2, -0.15) is 13.2 Å². The minimum absolute atomic E-state index is 0.0459. The molecule has 4 rings (SSSR count). The van der Waals surface area contributed by atoms with Crippen molar-refractivity contribution in [3.8, 4) is 0 Å². The summed E-state index contributed by atoms with van der Waals surface area (Å²) in [6.45, 7) is 3.89. The molecule has 1 aliphatic carbocycles. The number of alkyl halides is 3. The smallest absolute Gasteiger partial charge is 0.397 e. The Morgan fingerprint density at radius 1 is 1.19 bits per heavy atom. The van der Waals surface area contributed by atoms with Crippen LogP contribution in [0.5, 0.6) is 0 Å². The second-order valence-electron chi connectivity index (χ2n) is 6.85. The number of benzene rings is 1. The minimum atomic E-state index is -4.49. The van der Waals surface area contributed by atoms with E-state index in [0.29, 0.717) is 9.75 Å². The molecular weight excluding hydrogens is 443 g/mol. The molecule has 0 fully saturated rings. The number of rotatable bonds is 3. The van der Waals surface area contributed by atoms with Crippen LogP contribution in [-0.4, -0.2) is 10.9 Å². The van der Waals surface area contributed by atoms with Gasteiger partial charge in [-0.3, -0.25) is 4.79 Å². The minimum Gasteiger partial charge on any atom is -0.397 e. The molecule has 31 heavy (non-hydrogen) atoms. The number of aryl methyl sites for hydroxylation is 2. The van der Waals surface area contributed by atoms with Gasteiger partial charge in [-0.25, -0.2) is 4.98 Å². The summed E-state index contributed by atoms with van der Waals surface area (Å²) in [5.74, 6) is -0.566. The fourth-order valence-electron chi connectivity index (χ4n) is 3.16. The quantitative estimate of drug-likeness (QED) is 0.607. The normalized spacial score (nSPS) is 13.0. The molecule has 3 N–H and O–H groups in total. The Bertz CT molecular complexity index is 1390. The van der Waals surface area contributed by atoms with E-state index in [2.05, 4.69) is 16.0 Å². The summed E-state index contributed by atoms with van der Waals surface area (Å²) in [6, 6.07) is 4.47. The van der Waals surface area contributed by atoms with Crippen LogP contribution in [0, 0.1) is 13.8 Å². The first kappa shape index (κ1) is 21.1. The molecular formula is C22H16F3N3OS2.